The van der Waals surface area contributed by atoms with Gasteiger partial charge in [0.25, 0.3) is 0 Å². The number of nitrogens with zero attached hydrogens (tertiary/aromatic N) is 1. The Bertz CT molecular complexity index is 467. The zero-order valence-corrected chi connectivity index (χ0v) is 13.8. The van der Waals surface area contributed by atoms with Gasteiger partial charge in [0, 0.05) is 18.3 Å². The van der Waals surface area contributed by atoms with E-state index >= 15 is 0 Å². The van der Waals surface area contributed by atoms with E-state index in [1.807, 2.05) is 24.3 Å². The number of urea groups is 1. The van der Waals surface area contributed by atoms with Crippen molar-refractivity contribution in [3.8, 4) is 5.75 Å². The number of nitrogens with one attached hydrogen (secondary N) is 2. The van der Waals surface area contributed by atoms with Crippen LogP contribution in [0.1, 0.15) is 26.7 Å². The van der Waals surface area contributed by atoms with Crippen molar-refractivity contribution in [3.63, 3.8) is 0 Å². The van der Waals surface area contributed by atoms with Crippen molar-refractivity contribution in [2.75, 3.05) is 32.1 Å². The molecule has 0 saturated carbocycles. The van der Waals surface area contributed by atoms with E-state index in [4.69, 9.17) is 4.74 Å². The SMILES string of the molecule is COc1ccc(NC(=O)NC[C@@H](C(C)C)N2CCCC2)cc1. The van der Waals surface area contributed by atoms with Gasteiger partial charge < -0.3 is 15.4 Å². The predicted octanol–water partition coefficient (Wildman–Crippen LogP) is 2.94. The van der Waals surface area contributed by atoms with Crippen molar-refractivity contribution >= 4 is 11.7 Å². The van der Waals surface area contributed by atoms with Crippen molar-refractivity contribution in [1.82, 2.24) is 10.2 Å². The van der Waals surface area contributed by atoms with Crippen molar-refractivity contribution in [1.29, 1.82) is 0 Å². The number of rotatable bonds is 6. The van der Waals surface area contributed by atoms with Crippen LogP contribution in [-0.2, 0) is 0 Å². The zero-order valence-electron chi connectivity index (χ0n) is 13.8. The topological polar surface area (TPSA) is 53.6 Å². The van der Waals surface area contributed by atoms with Crippen molar-refractivity contribution in [2.45, 2.75) is 32.7 Å². The van der Waals surface area contributed by atoms with E-state index in [2.05, 4.69) is 29.4 Å². The highest BCUT2D eigenvalue weighted by atomic mass is 16.5. The van der Waals surface area contributed by atoms with E-state index in [1.54, 1.807) is 7.11 Å². The van der Waals surface area contributed by atoms with Gasteiger partial charge in [0.05, 0.1) is 7.11 Å². The minimum atomic E-state index is -0.157. The summed E-state index contributed by atoms with van der Waals surface area (Å²) in [6, 6.07) is 7.57. The van der Waals surface area contributed by atoms with Gasteiger partial charge in [0.2, 0.25) is 0 Å². The molecule has 1 heterocycles. The first kappa shape index (κ1) is 16.6. The first-order chi connectivity index (χ1) is 10.6. The molecule has 0 aromatic heterocycles. The summed E-state index contributed by atoms with van der Waals surface area (Å²) in [5.74, 6) is 1.30. The molecule has 0 radical (unpaired) electrons. The molecule has 5 nitrogen and oxygen atoms in total. The first-order valence-electron chi connectivity index (χ1n) is 8.03. The number of benzene rings is 1. The zero-order chi connectivity index (χ0) is 15.9. The molecule has 2 N–H and O–H groups in total. The predicted molar refractivity (Wildman–Crippen MR) is 89.4 cm³/mol. The third-order valence-corrected chi connectivity index (χ3v) is 4.20. The van der Waals surface area contributed by atoms with Crippen LogP contribution in [-0.4, -0.2) is 43.7 Å². The van der Waals surface area contributed by atoms with Gasteiger partial charge in [-0.1, -0.05) is 13.8 Å². The third-order valence-electron chi connectivity index (χ3n) is 4.20. The quantitative estimate of drug-likeness (QED) is 0.849. The fourth-order valence-corrected chi connectivity index (χ4v) is 2.91. The Hall–Kier alpha value is -1.75. The molecule has 2 amide bonds. The summed E-state index contributed by atoms with van der Waals surface area (Å²) in [5.41, 5.74) is 0.764. The molecule has 122 valence electrons. The number of methoxy groups -OCH3 is 1. The van der Waals surface area contributed by atoms with Crippen LogP contribution < -0.4 is 15.4 Å². The molecule has 1 aliphatic rings. The lowest BCUT2D eigenvalue weighted by atomic mass is 10.0. The fraction of sp³-hybridized carbons (Fsp3) is 0.588. The Labute approximate surface area is 133 Å². The van der Waals surface area contributed by atoms with Gasteiger partial charge in [0.15, 0.2) is 0 Å². The molecule has 22 heavy (non-hydrogen) atoms. The fourth-order valence-electron chi connectivity index (χ4n) is 2.91. The number of anilines is 1. The Morgan fingerprint density at radius 2 is 1.86 bits per heavy atom. The summed E-state index contributed by atoms with van der Waals surface area (Å²) >= 11 is 0. The van der Waals surface area contributed by atoms with E-state index in [0.717, 1.165) is 24.5 Å². The van der Waals surface area contributed by atoms with E-state index in [1.165, 1.54) is 12.8 Å². The molecule has 0 spiro atoms. The molecule has 0 bridgehead atoms. The largest absolute Gasteiger partial charge is 0.497 e. The Morgan fingerprint density at radius 3 is 2.41 bits per heavy atom. The maximum absolute atomic E-state index is 12.0. The number of hydrogen-bond donors (Lipinski definition) is 2. The second-order valence-corrected chi connectivity index (χ2v) is 6.12. The van der Waals surface area contributed by atoms with Gasteiger partial charge >= 0.3 is 6.03 Å². The minimum Gasteiger partial charge on any atom is -0.497 e. The molecule has 0 unspecified atom stereocenters. The van der Waals surface area contributed by atoms with Crippen LogP contribution >= 0.6 is 0 Å². The van der Waals surface area contributed by atoms with Crippen molar-refractivity contribution in [3.05, 3.63) is 24.3 Å². The lowest BCUT2D eigenvalue weighted by Crippen LogP contribution is -2.46. The monoisotopic (exact) mass is 305 g/mol. The molecule has 1 saturated heterocycles. The number of ether oxygens (including phenoxy) is 1. The number of amides is 2. The van der Waals surface area contributed by atoms with Crippen LogP contribution in [0.3, 0.4) is 0 Å². The summed E-state index contributed by atoms with van der Waals surface area (Å²) in [4.78, 5) is 14.5. The van der Waals surface area contributed by atoms with Gasteiger partial charge in [-0.2, -0.15) is 0 Å². The van der Waals surface area contributed by atoms with Crippen LogP contribution in [0.25, 0.3) is 0 Å². The third kappa shape index (κ3) is 4.63. The van der Waals surface area contributed by atoms with Gasteiger partial charge in [-0.25, -0.2) is 4.79 Å². The molecule has 1 aromatic rings. The smallest absolute Gasteiger partial charge is 0.319 e. The Balaban J connectivity index is 1.82. The summed E-state index contributed by atoms with van der Waals surface area (Å²) < 4.78 is 5.10. The second-order valence-electron chi connectivity index (χ2n) is 6.12. The average molecular weight is 305 g/mol. The summed E-state index contributed by atoms with van der Waals surface area (Å²) in [6.07, 6.45) is 2.53. The number of likely N-dealkylation sites (tertiary alicyclic amines) is 1. The Morgan fingerprint density at radius 1 is 1.23 bits per heavy atom. The van der Waals surface area contributed by atoms with Gasteiger partial charge in [0.1, 0.15) is 5.75 Å². The van der Waals surface area contributed by atoms with Gasteiger partial charge in [-0.3, -0.25) is 4.90 Å². The number of hydrogen-bond acceptors (Lipinski definition) is 3. The summed E-state index contributed by atoms with van der Waals surface area (Å²) in [7, 11) is 1.62. The van der Waals surface area contributed by atoms with Gasteiger partial charge in [-0.05, 0) is 56.1 Å². The highest BCUT2D eigenvalue weighted by molar-refractivity contribution is 5.89. The van der Waals surface area contributed by atoms with Crippen molar-refractivity contribution < 1.29 is 9.53 Å². The van der Waals surface area contributed by atoms with Crippen LogP contribution in [0.4, 0.5) is 10.5 Å². The van der Waals surface area contributed by atoms with Crippen molar-refractivity contribution in [2.24, 2.45) is 5.92 Å². The molecule has 1 fully saturated rings. The van der Waals surface area contributed by atoms with E-state index < -0.39 is 0 Å². The summed E-state index contributed by atoms with van der Waals surface area (Å²) in [6.45, 7) is 7.40. The lowest BCUT2D eigenvalue weighted by molar-refractivity contribution is 0.186. The van der Waals surface area contributed by atoms with E-state index in [-0.39, 0.29) is 6.03 Å². The van der Waals surface area contributed by atoms with E-state index in [9.17, 15) is 4.79 Å². The molecule has 0 aliphatic carbocycles. The molecule has 2 rings (SSSR count). The minimum absolute atomic E-state index is 0.157. The second kappa shape index (κ2) is 8.03. The lowest BCUT2D eigenvalue weighted by Gasteiger charge is -2.31. The highest BCUT2D eigenvalue weighted by Crippen LogP contribution is 2.17. The van der Waals surface area contributed by atoms with E-state index in [0.29, 0.717) is 18.5 Å². The normalized spacial score (nSPS) is 16.5. The molecular weight excluding hydrogens is 278 g/mol. The maximum Gasteiger partial charge on any atom is 0.319 e. The molecule has 1 atom stereocenters. The maximum atomic E-state index is 12.0. The highest BCUT2D eigenvalue weighted by Gasteiger charge is 2.24. The average Bonchev–Trinajstić information content (AvgIpc) is 3.02. The molecule has 1 aliphatic heterocycles. The van der Waals surface area contributed by atoms with Crippen LogP contribution in [0.5, 0.6) is 5.75 Å². The van der Waals surface area contributed by atoms with Crippen LogP contribution in [0.2, 0.25) is 0 Å². The summed E-state index contributed by atoms with van der Waals surface area (Å²) in [5, 5.41) is 5.85. The molecular formula is C17H27N3O2. The first-order valence-corrected chi connectivity index (χ1v) is 8.03. The van der Waals surface area contributed by atoms with Crippen LogP contribution in [0, 0.1) is 5.92 Å². The van der Waals surface area contributed by atoms with Crippen LogP contribution in [0.15, 0.2) is 24.3 Å². The number of carbonyl (C=O) groups is 1. The molecule has 5 heteroatoms. The van der Waals surface area contributed by atoms with Gasteiger partial charge in [-0.15, -0.1) is 0 Å². The number of carbonyl (C=O) groups excluding carboxylic acids is 1. The molecule has 1 aromatic carbocycles. The standard InChI is InChI=1S/C17H27N3O2/c1-13(2)16(20-10-4-5-11-20)12-18-17(21)19-14-6-8-15(22-3)9-7-14/h6-9,13,16H,4-5,10-12H2,1-3H3,(H2,18,19,21)/t16-/m0/s1. The Kier molecular flexibility index (Phi) is 6.07.